The molecule has 1 aliphatic rings. The lowest BCUT2D eigenvalue weighted by atomic mass is 9.99. The molecule has 0 spiro atoms. The molecule has 3 N–H and O–H groups in total. The van der Waals surface area contributed by atoms with Gasteiger partial charge in [0.2, 0.25) is 5.91 Å². The number of benzene rings is 2. The second-order valence-corrected chi connectivity index (χ2v) is 6.68. The van der Waals surface area contributed by atoms with Gasteiger partial charge in [0.1, 0.15) is 6.54 Å². The third-order valence-corrected chi connectivity index (χ3v) is 4.94. The maximum atomic E-state index is 12.5. The minimum absolute atomic E-state index is 0.0354. The zero-order valence-corrected chi connectivity index (χ0v) is 15.4. The minimum atomic E-state index is -0.0354. The van der Waals surface area contributed by atoms with Crippen LogP contribution >= 0.6 is 0 Å². The number of hydrogen-bond acceptors (Lipinski definition) is 2. The normalized spacial score (nSPS) is 14.8. The fraction of sp³-hybridized carbons (Fsp3) is 0.333. The number of fused-ring (bicyclic) bond motifs is 1. The van der Waals surface area contributed by atoms with Crippen LogP contribution in [-0.4, -0.2) is 25.0 Å². The Kier molecular flexibility index (Phi) is 5.56. The molecule has 3 rings (SSSR count). The monoisotopic (exact) mass is 350 g/mol. The van der Waals surface area contributed by atoms with Crippen LogP contribution in [0.5, 0.6) is 0 Å². The molecular formula is C21H26N4O. The Balaban J connectivity index is 1.58. The van der Waals surface area contributed by atoms with E-state index in [1.807, 2.05) is 30.3 Å². The number of carbonyl (C=O) groups is 1. The highest BCUT2D eigenvalue weighted by molar-refractivity contribution is 5.99. The van der Waals surface area contributed by atoms with Gasteiger partial charge in [-0.15, -0.1) is 0 Å². The van der Waals surface area contributed by atoms with Crippen molar-refractivity contribution in [2.24, 2.45) is 10.7 Å². The number of anilines is 2. The lowest BCUT2D eigenvalue weighted by Crippen LogP contribution is -2.32. The summed E-state index contributed by atoms with van der Waals surface area (Å²) in [5.74, 6) is 0.755. The van der Waals surface area contributed by atoms with Crippen molar-refractivity contribution in [3.8, 4) is 0 Å². The first-order valence-electron chi connectivity index (χ1n) is 9.13. The summed E-state index contributed by atoms with van der Waals surface area (Å²) in [6, 6.07) is 16.2. The zero-order chi connectivity index (χ0) is 18.5. The molecule has 0 aliphatic carbocycles. The van der Waals surface area contributed by atoms with E-state index >= 15 is 0 Å². The molecule has 0 fully saturated rings. The Morgan fingerprint density at radius 1 is 1.23 bits per heavy atom. The van der Waals surface area contributed by atoms with Crippen molar-refractivity contribution in [1.29, 1.82) is 0 Å². The first-order chi connectivity index (χ1) is 12.6. The van der Waals surface area contributed by atoms with Gasteiger partial charge in [0.15, 0.2) is 5.96 Å². The number of amides is 1. The Morgan fingerprint density at radius 2 is 1.96 bits per heavy atom. The summed E-state index contributed by atoms with van der Waals surface area (Å²) in [4.78, 5) is 18.4. The highest BCUT2D eigenvalue weighted by Crippen LogP contribution is 2.27. The highest BCUT2D eigenvalue weighted by atomic mass is 16.2. The van der Waals surface area contributed by atoms with Gasteiger partial charge in [-0.2, -0.15) is 0 Å². The molecule has 5 nitrogen and oxygen atoms in total. The number of rotatable bonds is 5. The maximum Gasteiger partial charge on any atom is 0.248 e. The quantitative estimate of drug-likeness (QED) is 0.640. The molecule has 0 radical (unpaired) electrons. The van der Waals surface area contributed by atoms with Gasteiger partial charge < -0.3 is 16.0 Å². The Hall–Kier alpha value is -2.82. The van der Waals surface area contributed by atoms with Gasteiger partial charge in [-0.1, -0.05) is 44.2 Å². The SMILES string of the molecule is CCC(C)c1ccc(NC(N)=NCC(=O)N2CCc3ccccc32)cc1. The number of guanidine groups is 1. The average Bonchev–Trinajstić information content (AvgIpc) is 3.10. The van der Waals surface area contributed by atoms with E-state index in [0.29, 0.717) is 12.5 Å². The molecule has 2 aromatic rings. The number of nitrogens with one attached hydrogen (secondary N) is 1. The Labute approximate surface area is 154 Å². The second kappa shape index (κ2) is 8.04. The van der Waals surface area contributed by atoms with Gasteiger partial charge in [-0.05, 0) is 48.1 Å². The fourth-order valence-electron chi connectivity index (χ4n) is 3.15. The molecular weight excluding hydrogens is 324 g/mol. The summed E-state index contributed by atoms with van der Waals surface area (Å²) in [5.41, 5.74) is 10.3. The Bertz CT molecular complexity index is 798. The predicted molar refractivity (Wildman–Crippen MR) is 108 cm³/mol. The van der Waals surface area contributed by atoms with E-state index in [1.165, 1.54) is 11.1 Å². The molecule has 26 heavy (non-hydrogen) atoms. The topological polar surface area (TPSA) is 70.7 Å². The molecule has 2 aromatic carbocycles. The molecule has 136 valence electrons. The van der Waals surface area contributed by atoms with Crippen LogP contribution < -0.4 is 16.0 Å². The van der Waals surface area contributed by atoms with Gasteiger partial charge in [-0.25, -0.2) is 4.99 Å². The molecule has 1 aliphatic heterocycles. The van der Waals surface area contributed by atoms with Gasteiger partial charge in [0, 0.05) is 17.9 Å². The third-order valence-electron chi connectivity index (χ3n) is 4.94. The lowest BCUT2D eigenvalue weighted by Gasteiger charge is -2.16. The number of carbonyl (C=O) groups excluding carboxylic acids is 1. The zero-order valence-electron chi connectivity index (χ0n) is 15.4. The van der Waals surface area contributed by atoms with Crippen molar-refractivity contribution in [1.82, 2.24) is 0 Å². The van der Waals surface area contributed by atoms with Crippen LogP contribution in [0.3, 0.4) is 0 Å². The predicted octanol–water partition coefficient (Wildman–Crippen LogP) is 3.52. The van der Waals surface area contributed by atoms with Crippen molar-refractivity contribution in [2.75, 3.05) is 23.3 Å². The summed E-state index contributed by atoms with van der Waals surface area (Å²) >= 11 is 0. The van der Waals surface area contributed by atoms with Gasteiger partial charge in [0.05, 0.1) is 0 Å². The summed E-state index contributed by atoms with van der Waals surface area (Å²) in [6.45, 7) is 5.13. The molecule has 1 atom stereocenters. The maximum absolute atomic E-state index is 12.5. The van der Waals surface area contributed by atoms with Crippen molar-refractivity contribution in [3.63, 3.8) is 0 Å². The van der Waals surface area contributed by atoms with Crippen LogP contribution in [0.4, 0.5) is 11.4 Å². The number of nitrogens with two attached hydrogens (primary N) is 1. The van der Waals surface area contributed by atoms with E-state index < -0.39 is 0 Å². The van der Waals surface area contributed by atoms with Gasteiger partial charge in [0.25, 0.3) is 0 Å². The van der Waals surface area contributed by atoms with E-state index in [2.05, 4.69) is 42.4 Å². The van der Waals surface area contributed by atoms with E-state index in [9.17, 15) is 4.79 Å². The first kappa shape index (κ1) is 18.0. The summed E-state index contributed by atoms with van der Waals surface area (Å²) < 4.78 is 0. The van der Waals surface area contributed by atoms with Gasteiger partial charge >= 0.3 is 0 Å². The van der Waals surface area contributed by atoms with Crippen LogP contribution in [0.2, 0.25) is 0 Å². The number of para-hydroxylation sites is 1. The molecule has 0 saturated carbocycles. The first-order valence-corrected chi connectivity index (χ1v) is 9.13. The number of aliphatic imine (C=N–C) groups is 1. The summed E-state index contributed by atoms with van der Waals surface area (Å²) in [7, 11) is 0. The lowest BCUT2D eigenvalue weighted by molar-refractivity contribution is -0.117. The molecule has 1 unspecified atom stereocenters. The van der Waals surface area contributed by atoms with E-state index in [4.69, 9.17) is 5.73 Å². The van der Waals surface area contributed by atoms with E-state index in [0.717, 1.165) is 24.2 Å². The van der Waals surface area contributed by atoms with Crippen molar-refractivity contribution in [3.05, 3.63) is 59.7 Å². The third kappa shape index (κ3) is 4.04. The van der Waals surface area contributed by atoms with Crippen LogP contribution in [-0.2, 0) is 11.2 Å². The molecule has 0 bridgehead atoms. The van der Waals surface area contributed by atoms with Crippen LogP contribution in [0.15, 0.2) is 53.5 Å². The highest BCUT2D eigenvalue weighted by Gasteiger charge is 2.23. The molecule has 0 saturated heterocycles. The largest absolute Gasteiger partial charge is 0.370 e. The molecule has 0 aromatic heterocycles. The average molecular weight is 350 g/mol. The molecule has 1 heterocycles. The number of hydrogen-bond donors (Lipinski definition) is 2. The van der Waals surface area contributed by atoms with Crippen molar-refractivity contribution >= 4 is 23.2 Å². The van der Waals surface area contributed by atoms with Crippen LogP contribution in [0, 0.1) is 0 Å². The minimum Gasteiger partial charge on any atom is -0.370 e. The molecule has 5 heteroatoms. The fourth-order valence-corrected chi connectivity index (χ4v) is 3.15. The molecule has 1 amide bonds. The van der Waals surface area contributed by atoms with E-state index in [1.54, 1.807) is 4.90 Å². The summed E-state index contributed by atoms with van der Waals surface area (Å²) in [6.07, 6.45) is 2.00. The van der Waals surface area contributed by atoms with Gasteiger partial charge in [-0.3, -0.25) is 4.79 Å². The summed E-state index contributed by atoms with van der Waals surface area (Å²) in [5, 5.41) is 3.05. The smallest absolute Gasteiger partial charge is 0.248 e. The Morgan fingerprint density at radius 3 is 2.69 bits per heavy atom. The second-order valence-electron chi connectivity index (χ2n) is 6.68. The van der Waals surface area contributed by atoms with Crippen LogP contribution in [0.25, 0.3) is 0 Å². The van der Waals surface area contributed by atoms with Crippen molar-refractivity contribution in [2.45, 2.75) is 32.6 Å². The standard InChI is InChI=1S/C21H26N4O/c1-3-15(2)16-8-10-18(11-9-16)24-21(22)23-14-20(26)25-13-12-17-6-4-5-7-19(17)25/h4-11,15H,3,12-14H2,1-2H3,(H3,22,23,24). The van der Waals surface area contributed by atoms with E-state index in [-0.39, 0.29) is 18.4 Å². The van der Waals surface area contributed by atoms with Crippen molar-refractivity contribution < 1.29 is 4.79 Å². The van der Waals surface area contributed by atoms with Crippen LogP contribution in [0.1, 0.15) is 37.3 Å². The number of nitrogens with zero attached hydrogens (tertiary/aromatic N) is 2.